The maximum atomic E-state index is 5.58. The lowest BCUT2D eigenvalue weighted by Crippen LogP contribution is -2.48. The first kappa shape index (κ1) is 11.7. The second kappa shape index (κ2) is 5.55. The van der Waals surface area contributed by atoms with Crippen LogP contribution in [0.2, 0.25) is 0 Å². The molecule has 4 atom stereocenters. The Morgan fingerprint density at radius 1 is 1.27 bits per heavy atom. The minimum Gasteiger partial charge on any atom is -0.378 e. The van der Waals surface area contributed by atoms with Crippen molar-refractivity contribution in [3.63, 3.8) is 0 Å². The van der Waals surface area contributed by atoms with Crippen LogP contribution in [0.25, 0.3) is 0 Å². The van der Waals surface area contributed by atoms with Crippen molar-refractivity contribution in [3.8, 4) is 0 Å². The molecule has 0 radical (unpaired) electrons. The van der Waals surface area contributed by atoms with Gasteiger partial charge in [-0.2, -0.15) is 11.8 Å². The van der Waals surface area contributed by atoms with Gasteiger partial charge >= 0.3 is 0 Å². The Kier molecular flexibility index (Phi) is 4.35. The zero-order valence-corrected chi connectivity index (χ0v) is 10.7. The van der Waals surface area contributed by atoms with Gasteiger partial charge in [0, 0.05) is 23.9 Å². The van der Waals surface area contributed by atoms with E-state index in [1.165, 1.54) is 31.4 Å². The van der Waals surface area contributed by atoms with E-state index in [4.69, 9.17) is 4.74 Å². The average Bonchev–Trinajstić information content (AvgIpc) is 2.22. The maximum Gasteiger partial charge on any atom is 0.0561 e. The molecular formula is C12H23NOS. The molecule has 1 N–H and O–H groups in total. The third-order valence-electron chi connectivity index (χ3n) is 3.54. The average molecular weight is 229 g/mol. The molecule has 0 spiro atoms. The van der Waals surface area contributed by atoms with Gasteiger partial charge < -0.3 is 10.1 Å². The predicted octanol–water partition coefficient (Wildman–Crippen LogP) is 2.43. The van der Waals surface area contributed by atoms with Crippen LogP contribution in [0.1, 0.15) is 39.5 Å². The van der Waals surface area contributed by atoms with Crippen molar-refractivity contribution >= 4 is 11.8 Å². The van der Waals surface area contributed by atoms with E-state index < -0.39 is 0 Å². The summed E-state index contributed by atoms with van der Waals surface area (Å²) in [5, 5.41) is 4.63. The van der Waals surface area contributed by atoms with E-state index in [1.807, 2.05) is 0 Å². The van der Waals surface area contributed by atoms with Gasteiger partial charge in [-0.1, -0.05) is 6.92 Å². The summed E-state index contributed by atoms with van der Waals surface area (Å²) in [5.74, 6) is 1.35. The van der Waals surface area contributed by atoms with Crippen LogP contribution in [0, 0.1) is 0 Å². The Morgan fingerprint density at radius 2 is 2.13 bits per heavy atom. The van der Waals surface area contributed by atoms with Crippen molar-refractivity contribution in [1.82, 2.24) is 5.32 Å². The van der Waals surface area contributed by atoms with Gasteiger partial charge in [0.25, 0.3) is 0 Å². The summed E-state index contributed by atoms with van der Waals surface area (Å²) in [6, 6.07) is 1.43. The third kappa shape index (κ3) is 3.36. The standard InChI is InChI=1S/C12H23NOS/c1-9-8-11(5-6-14-9)13-12-4-3-7-15-10(12)2/h9-13H,3-8H2,1-2H3. The zero-order chi connectivity index (χ0) is 10.7. The first-order chi connectivity index (χ1) is 7.25. The van der Waals surface area contributed by atoms with Crippen molar-refractivity contribution in [3.05, 3.63) is 0 Å². The van der Waals surface area contributed by atoms with Gasteiger partial charge in [0.2, 0.25) is 0 Å². The highest BCUT2D eigenvalue weighted by Crippen LogP contribution is 2.26. The van der Waals surface area contributed by atoms with Gasteiger partial charge in [-0.05, 0) is 38.4 Å². The summed E-state index contributed by atoms with van der Waals surface area (Å²) in [6.45, 7) is 5.49. The van der Waals surface area contributed by atoms with Crippen LogP contribution < -0.4 is 5.32 Å². The minimum absolute atomic E-state index is 0.447. The molecule has 2 heterocycles. The summed E-state index contributed by atoms with van der Waals surface area (Å²) < 4.78 is 5.58. The Hall–Kier alpha value is 0.270. The van der Waals surface area contributed by atoms with E-state index in [2.05, 4.69) is 30.9 Å². The first-order valence-corrected chi connectivity index (χ1v) is 7.30. The number of thioether (sulfide) groups is 1. The molecule has 3 heteroatoms. The monoisotopic (exact) mass is 229 g/mol. The van der Waals surface area contributed by atoms with Crippen LogP contribution in [-0.4, -0.2) is 35.8 Å². The van der Waals surface area contributed by atoms with Gasteiger partial charge in [0.05, 0.1) is 6.10 Å². The van der Waals surface area contributed by atoms with Crippen molar-refractivity contribution < 1.29 is 4.74 Å². The first-order valence-electron chi connectivity index (χ1n) is 6.25. The molecule has 2 aliphatic rings. The summed E-state index contributed by atoms with van der Waals surface area (Å²) in [4.78, 5) is 0. The molecular weight excluding hydrogens is 206 g/mol. The molecule has 4 unspecified atom stereocenters. The normalized spacial score (nSPS) is 42.8. The highest BCUT2D eigenvalue weighted by atomic mass is 32.2. The van der Waals surface area contributed by atoms with Gasteiger partial charge in [-0.3, -0.25) is 0 Å². The topological polar surface area (TPSA) is 21.3 Å². The van der Waals surface area contributed by atoms with Crippen molar-refractivity contribution in [2.75, 3.05) is 12.4 Å². The van der Waals surface area contributed by atoms with E-state index >= 15 is 0 Å². The number of rotatable bonds is 2. The molecule has 0 aromatic heterocycles. The molecule has 0 aliphatic carbocycles. The molecule has 88 valence electrons. The Balaban J connectivity index is 1.79. The smallest absolute Gasteiger partial charge is 0.0561 e. The number of hydrogen-bond donors (Lipinski definition) is 1. The number of nitrogens with one attached hydrogen (secondary N) is 1. The van der Waals surface area contributed by atoms with Crippen LogP contribution in [0.3, 0.4) is 0 Å². The van der Waals surface area contributed by atoms with Gasteiger partial charge in [-0.15, -0.1) is 0 Å². The minimum atomic E-state index is 0.447. The van der Waals surface area contributed by atoms with Crippen LogP contribution >= 0.6 is 11.8 Å². The Morgan fingerprint density at radius 3 is 2.87 bits per heavy atom. The third-order valence-corrected chi connectivity index (χ3v) is 4.92. The SMILES string of the molecule is CC1CC(NC2CCCSC2C)CCO1. The fourth-order valence-electron chi connectivity index (χ4n) is 2.59. The molecule has 2 nitrogen and oxygen atoms in total. The number of hydrogen-bond acceptors (Lipinski definition) is 3. The van der Waals surface area contributed by atoms with Gasteiger partial charge in [0.15, 0.2) is 0 Å². The van der Waals surface area contributed by atoms with Crippen LogP contribution in [0.5, 0.6) is 0 Å². The van der Waals surface area contributed by atoms with Crippen LogP contribution in [0.15, 0.2) is 0 Å². The second-order valence-corrected chi connectivity index (χ2v) is 6.38. The van der Waals surface area contributed by atoms with Crippen LogP contribution in [-0.2, 0) is 4.74 Å². The Labute approximate surface area is 97.5 Å². The van der Waals surface area contributed by atoms with Crippen LogP contribution in [0.4, 0.5) is 0 Å². The van der Waals surface area contributed by atoms with Gasteiger partial charge in [0.1, 0.15) is 0 Å². The van der Waals surface area contributed by atoms with E-state index in [0.717, 1.165) is 17.9 Å². The molecule has 0 amide bonds. The summed E-state index contributed by atoms with van der Waals surface area (Å²) in [5.41, 5.74) is 0. The second-order valence-electron chi connectivity index (χ2n) is 4.89. The fraction of sp³-hybridized carbons (Fsp3) is 1.00. The zero-order valence-electron chi connectivity index (χ0n) is 9.87. The molecule has 2 rings (SSSR count). The maximum absolute atomic E-state index is 5.58. The highest BCUT2D eigenvalue weighted by molar-refractivity contribution is 7.99. The molecule has 2 aliphatic heterocycles. The highest BCUT2D eigenvalue weighted by Gasteiger charge is 2.26. The van der Waals surface area contributed by atoms with E-state index in [-0.39, 0.29) is 0 Å². The Bertz CT molecular complexity index is 200. The van der Waals surface area contributed by atoms with Crippen molar-refractivity contribution in [2.45, 2.75) is 63.0 Å². The fourth-order valence-corrected chi connectivity index (χ4v) is 3.75. The molecule has 2 saturated heterocycles. The molecule has 0 bridgehead atoms. The predicted molar refractivity (Wildman–Crippen MR) is 66.5 cm³/mol. The molecule has 0 saturated carbocycles. The van der Waals surface area contributed by atoms with E-state index in [9.17, 15) is 0 Å². The van der Waals surface area contributed by atoms with Crippen molar-refractivity contribution in [1.29, 1.82) is 0 Å². The molecule has 0 aromatic carbocycles. The quantitative estimate of drug-likeness (QED) is 0.786. The summed E-state index contributed by atoms with van der Waals surface area (Å²) in [6.07, 6.45) is 5.57. The lowest BCUT2D eigenvalue weighted by Gasteiger charge is -2.36. The molecule has 2 fully saturated rings. The largest absolute Gasteiger partial charge is 0.378 e. The van der Waals surface area contributed by atoms with E-state index in [1.54, 1.807) is 0 Å². The summed E-state index contributed by atoms with van der Waals surface area (Å²) >= 11 is 2.12. The lowest BCUT2D eigenvalue weighted by atomic mass is 10.0. The van der Waals surface area contributed by atoms with Gasteiger partial charge in [-0.25, -0.2) is 0 Å². The van der Waals surface area contributed by atoms with Crippen molar-refractivity contribution in [2.24, 2.45) is 0 Å². The summed E-state index contributed by atoms with van der Waals surface area (Å²) in [7, 11) is 0. The lowest BCUT2D eigenvalue weighted by molar-refractivity contribution is 0.0110. The molecule has 0 aromatic rings. The van der Waals surface area contributed by atoms with E-state index in [0.29, 0.717) is 12.1 Å². The molecule has 15 heavy (non-hydrogen) atoms. The number of ether oxygens (including phenoxy) is 1.